The first kappa shape index (κ1) is 20.9. The minimum absolute atomic E-state index is 0.0418. The maximum atomic E-state index is 13.6. The first-order valence-electron chi connectivity index (χ1n) is 9.89. The average Bonchev–Trinajstić information content (AvgIpc) is 3.29. The Morgan fingerprint density at radius 3 is 2.74 bits per heavy atom. The summed E-state index contributed by atoms with van der Waals surface area (Å²) >= 11 is 5.96. The number of pyridine rings is 1. The maximum absolute atomic E-state index is 13.6. The van der Waals surface area contributed by atoms with Crippen LogP contribution in [0, 0.1) is 12.7 Å². The monoisotopic (exact) mass is 437 g/mol. The SMILES string of the molecule is CCc1cn(Cc2ccc(F)c(Cl)c2)c(Nc2cc(-c3ncco3)ccc2C)cc1=O. The molecule has 158 valence electrons. The van der Waals surface area contributed by atoms with Crippen LogP contribution in [-0.2, 0) is 13.0 Å². The highest BCUT2D eigenvalue weighted by molar-refractivity contribution is 6.30. The lowest BCUT2D eigenvalue weighted by atomic mass is 10.1. The number of hydrogen-bond donors (Lipinski definition) is 1. The lowest BCUT2D eigenvalue weighted by Gasteiger charge is -2.18. The molecule has 0 aliphatic carbocycles. The van der Waals surface area contributed by atoms with Crippen LogP contribution in [0.5, 0.6) is 0 Å². The predicted octanol–water partition coefficient (Wildman–Crippen LogP) is 5.96. The summed E-state index contributed by atoms with van der Waals surface area (Å²) in [6.45, 7) is 4.34. The fraction of sp³-hybridized carbons (Fsp3) is 0.167. The zero-order valence-electron chi connectivity index (χ0n) is 17.2. The number of aryl methyl sites for hydroxylation is 2. The van der Waals surface area contributed by atoms with E-state index in [1.165, 1.54) is 12.3 Å². The van der Waals surface area contributed by atoms with Crippen LogP contribution < -0.4 is 10.7 Å². The van der Waals surface area contributed by atoms with Crippen molar-refractivity contribution in [2.24, 2.45) is 0 Å². The van der Waals surface area contributed by atoms with E-state index in [2.05, 4.69) is 10.3 Å². The molecule has 0 radical (unpaired) electrons. The molecular weight excluding hydrogens is 417 g/mol. The van der Waals surface area contributed by atoms with Gasteiger partial charge in [-0.15, -0.1) is 0 Å². The van der Waals surface area contributed by atoms with Gasteiger partial charge in [0.2, 0.25) is 5.89 Å². The van der Waals surface area contributed by atoms with Crippen molar-refractivity contribution in [1.82, 2.24) is 9.55 Å². The zero-order chi connectivity index (χ0) is 22.0. The highest BCUT2D eigenvalue weighted by atomic mass is 35.5. The van der Waals surface area contributed by atoms with Gasteiger partial charge in [0.25, 0.3) is 0 Å². The smallest absolute Gasteiger partial charge is 0.225 e. The summed E-state index contributed by atoms with van der Waals surface area (Å²) < 4.78 is 20.9. The van der Waals surface area contributed by atoms with Crippen molar-refractivity contribution in [3.63, 3.8) is 0 Å². The third kappa shape index (κ3) is 4.54. The summed E-state index contributed by atoms with van der Waals surface area (Å²) in [4.78, 5) is 16.8. The van der Waals surface area contributed by atoms with E-state index in [0.29, 0.717) is 30.2 Å². The zero-order valence-corrected chi connectivity index (χ0v) is 17.9. The lowest BCUT2D eigenvalue weighted by Crippen LogP contribution is -2.16. The Morgan fingerprint density at radius 2 is 2.03 bits per heavy atom. The van der Waals surface area contributed by atoms with E-state index in [0.717, 1.165) is 22.4 Å². The molecule has 2 aromatic carbocycles. The van der Waals surface area contributed by atoms with Crippen LogP contribution >= 0.6 is 11.6 Å². The summed E-state index contributed by atoms with van der Waals surface area (Å²) in [6.07, 6.45) is 5.56. The van der Waals surface area contributed by atoms with Gasteiger partial charge in [0.05, 0.1) is 11.2 Å². The second kappa shape index (κ2) is 8.78. The second-order valence-electron chi connectivity index (χ2n) is 7.27. The quantitative estimate of drug-likeness (QED) is 0.404. The molecule has 4 aromatic rings. The number of oxazole rings is 1. The molecule has 0 unspecified atom stereocenters. The molecule has 0 bridgehead atoms. The number of hydrogen-bond acceptors (Lipinski definition) is 4. The van der Waals surface area contributed by atoms with Crippen molar-refractivity contribution in [2.75, 3.05) is 5.32 Å². The second-order valence-corrected chi connectivity index (χ2v) is 7.68. The fourth-order valence-electron chi connectivity index (χ4n) is 3.35. The Bertz CT molecular complexity index is 1280. The van der Waals surface area contributed by atoms with Crippen LogP contribution in [0.25, 0.3) is 11.5 Å². The number of nitrogens with zero attached hydrogens (tertiary/aromatic N) is 2. The summed E-state index contributed by atoms with van der Waals surface area (Å²) in [7, 11) is 0. The number of nitrogens with one attached hydrogen (secondary N) is 1. The van der Waals surface area contributed by atoms with Gasteiger partial charge in [0.1, 0.15) is 17.9 Å². The Morgan fingerprint density at radius 1 is 1.19 bits per heavy atom. The van der Waals surface area contributed by atoms with Gasteiger partial charge in [-0.1, -0.05) is 30.7 Å². The van der Waals surface area contributed by atoms with Gasteiger partial charge in [0, 0.05) is 35.6 Å². The summed E-state index contributed by atoms with van der Waals surface area (Å²) in [5.74, 6) is 0.676. The molecule has 0 saturated heterocycles. The van der Waals surface area contributed by atoms with Crippen molar-refractivity contribution in [3.8, 4) is 11.5 Å². The minimum atomic E-state index is -0.461. The Balaban J connectivity index is 1.74. The van der Waals surface area contributed by atoms with Crippen molar-refractivity contribution < 1.29 is 8.81 Å². The van der Waals surface area contributed by atoms with Crippen LogP contribution in [0.2, 0.25) is 5.02 Å². The molecule has 2 heterocycles. The molecule has 31 heavy (non-hydrogen) atoms. The number of anilines is 2. The molecule has 0 aliphatic rings. The fourth-order valence-corrected chi connectivity index (χ4v) is 3.56. The predicted molar refractivity (Wildman–Crippen MR) is 121 cm³/mol. The van der Waals surface area contributed by atoms with E-state index in [-0.39, 0.29) is 10.5 Å². The minimum Gasteiger partial charge on any atom is -0.445 e. The normalized spacial score (nSPS) is 11.0. The molecule has 0 spiro atoms. The molecule has 5 nitrogen and oxygen atoms in total. The van der Waals surface area contributed by atoms with Crippen molar-refractivity contribution in [2.45, 2.75) is 26.8 Å². The van der Waals surface area contributed by atoms with E-state index >= 15 is 0 Å². The van der Waals surface area contributed by atoms with E-state index in [1.54, 1.807) is 24.4 Å². The largest absolute Gasteiger partial charge is 0.445 e. The molecule has 0 saturated carbocycles. The Kier molecular flexibility index (Phi) is 5.91. The number of halogens is 2. The molecule has 7 heteroatoms. The summed E-state index contributed by atoms with van der Waals surface area (Å²) in [5, 5.41) is 3.44. The van der Waals surface area contributed by atoms with Crippen LogP contribution in [0.4, 0.5) is 15.9 Å². The van der Waals surface area contributed by atoms with Crippen LogP contribution in [0.3, 0.4) is 0 Å². The topological polar surface area (TPSA) is 60.1 Å². The van der Waals surface area contributed by atoms with E-state index in [9.17, 15) is 9.18 Å². The van der Waals surface area contributed by atoms with Gasteiger partial charge in [0.15, 0.2) is 5.43 Å². The summed E-state index contributed by atoms with van der Waals surface area (Å²) in [6, 6.07) is 12.0. The maximum Gasteiger partial charge on any atom is 0.225 e. The molecule has 2 aromatic heterocycles. The van der Waals surface area contributed by atoms with E-state index in [4.69, 9.17) is 16.0 Å². The third-order valence-electron chi connectivity index (χ3n) is 5.10. The van der Waals surface area contributed by atoms with Gasteiger partial charge >= 0.3 is 0 Å². The third-order valence-corrected chi connectivity index (χ3v) is 5.39. The molecule has 1 N–H and O–H groups in total. The van der Waals surface area contributed by atoms with Crippen LogP contribution in [0.15, 0.2) is 70.3 Å². The molecular formula is C24H21ClFN3O2. The molecule has 0 aliphatic heterocycles. The Hall–Kier alpha value is -3.38. The van der Waals surface area contributed by atoms with Crippen LogP contribution in [0.1, 0.15) is 23.6 Å². The molecule has 0 atom stereocenters. The van der Waals surface area contributed by atoms with Crippen molar-refractivity contribution in [3.05, 3.63) is 98.9 Å². The van der Waals surface area contributed by atoms with Crippen LogP contribution in [-0.4, -0.2) is 9.55 Å². The first-order chi connectivity index (χ1) is 14.9. The summed E-state index contributed by atoms with van der Waals surface area (Å²) in [5.41, 5.74) is 4.13. The van der Waals surface area contributed by atoms with Gasteiger partial charge in [-0.25, -0.2) is 9.37 Å². The molecule has 0 amide bonds. The molecule has 0 fully saturated rings. The van der Waals surface area contributed by atoms with Gasteiger partial charge in [-0.3, -0.25) is 4.79 Å². The number of rotatable bonds is 6. The lowest BCUT2D eigenvalue weighted by molar-refractivity contribution is 0.574. The van der Waals surface area contributed by atoms with E-state index in [1.807, 2.05) is 42.8 Å². The number of benzene rings is 2. The first-order valence-corrected chi connectivity index (χ1v) is 10.3. The van der Waals surface area contributed by atoms with E-state index < -0.39 is 5.82 Å². The van der Waals surface area contributed by atoms with Gasteiger partial charge < -0.3 is 14.3 Å². The van der Waals surface area contributed by atoms with Gasteiger partial charge in [-0.05, 0) is 48.7 Å². The number of aromatic nitrogens is 2. The highest BCUT2D eigenvalue weighted by Gasteiger charge is 2.11. The van der Waals surface area contributed by atoms with Crippen molar-refractivity contribution in [1.29, 1.82) is 0 Å². The average molecular weight is 438 g/mol. The highest BCUT2D eigenvalue weighted by Crippen LogP contribution is 2.27. The Labute approximate surface area is 184 Å². The van der Waals surface area contributed by atoms with Crippen molar-refractivity contribution >= 4 is 23.1 Å². The van der Waals surface area contributed by atoms with Gasteiger partial charge in [-0.2, -0.15) is 0 Å². The standard InChI is InChI=1S/C24H21ClFN3O2/c1-3-17-14-29(13-16-5-7-20(26)19(25)10-16)23(12-22(17)30)28-21-11-18(6-4-15(21)2)24-27-8-9-31-24/h4-12,14,28H,3,13H2,1-2H3. The molecule has 4 rings (SSSR count).